The average Bonchev–Trinajstić information content (AvgIpc) is 3.48. The van der Waals surface area contributed by atoms with E-state index < -0.39 is 0 Å². The highest BCUT2D eigenvalue weighted by atomic mass is 16.5. The minimum atomic E-state index is -0.236. The Morgan fingerprint density at radius 3 is 2.56 bits per heavy atom. The number of allylic oxidation sites excluding steroid dienone is 2. The van der Waals surface area contributed by atoms with Crippen molar-refractivity contribution in [2.45, 2.75) is 90.2 Å². The summed E-state index contributed by atoms with van der Waals surface area (Å²) < 4.78 is 6.44. The number of hydrogen-bond acceptors (Lipinski definition) is 4. The van der Waals surface area contributed by atoms with Gasteiger partial charge in [-0.15, -0.1) is 0 Å². The second kappa shape index (κ2) is 10.9. The molecule has 2 aromatic rings. The summed E-state index contributed by atoms with van der Waals surface area (Å²) in [5.41, 5.74) is 5.09. The van der Waals surface area contributed by atoms with Gasteiger partial charge in [-0.05, 0) is 68.0 Å². The number of imide groups is 1. The third-order valence-corrected chi connectivity index (χ3v) is 9.67. The first kappa shape index (κ1) is 26.3. The van der Waals surface area contributed by atoms with Crippen LogP contribution in [0.3, 0.4) is 0 Å². The van der Waals surface area contributed by atoms with Gasteiger partial charge in [-0.25, -0.2) is 0 Å². The van der Waals surface area contributed by atoms with E-state index in [-0.39, 0.29) is 41.7 Å². The second-order valence-electron chi connectivity index (χ2n) is 12.2. The van der Waals surface area contributed by atoms with Crippen LogP contribution in [0.4, 0.5) is 0 Å². The lowest BCUT2D eigenvalue weighted by Crippen LogP contribution is -2.42. The molecule has 0 bridgehead atoms. The zero-order valence-electron chi connectivity index (χ0n) is 23.3. The van der Waals surface area contributed by atoms with Crippen LogP contribution in [0.2, 0.25) is 0 Å². The predicted octanol–water partition coefficient (Wildman–Crippen LogP) is 7.18. The highest BCUT2D eigenvalue weighted by Gasteiger charge is 2.57. The molecular formula is C34H41NO4. The summed E-state index contributed by atoms with van der Waals surface area (Å²) in [6.45, 7) is 4.91. The number of ether oxygens (including phenoxy) is 1. The van der Waals surface area contributed by atoms with Gasteiger partial charge in [-0.1, -0.05) is 80.2 Å². The SMILES string of the molecule is CCCC1=C2[C@@H](CC/C(C)=C/c3ccc(O)c4ccccc34)OC[C@@H]2[C@@H]2C(=O)N(C3CCCCC3)C(=O)[C@@H]2C1. The molecule has 4 atom stereocenters. The van der Waals surface area contributed by atoms with Crippen LogP contribution < -0.4 is 0 Å². The van der Waals surface area contributed by atoms with E-state index in [2.05, 4.69) is 26.0 Å². The Balaban J connectivity index is 1.21. The predicted molar refractivity (Wildman–Crippen MR) is 154 cm³/mol. The number of likely N-dealkylation sites (tertiary alicyclic amines) is 1. The Hall–Kier alpha value is -2.92. The zero-order chi connectivity index (χ0) is 27.1. The van der Waals surface area contributed by atoms with Gasteiger partial charge >= 0.3 is 0 Å². The van der Waals surface area contributed by atoms with Crippen molar-refractivity contribution in [1.29, 1.82) is 0 Å². The lowest BCUT2D eigenvalue weighted by atomic mass is 9.68. The van der Waals surface area contributed by atoms with E-state index in [0.717, 1.165) is 74.1 Å². The van der Waals surface area contributed by atoms with Crippen LogP contribution in [0, 0.1) is 17.8 Å². The van der Waals surface area contributed by atoms with E-state index in [1.807, 2.05) is 24.3 Å². The number of amides is 2. The van der Waals surface area contributed by atoms with E-state index in [9.17, 15) is 14.7 Å². The van der Waals surface area contributed by atoms with Crippen LogP contribution in [0.15, 0.2) is 53.1 Å². The van der Waals surface area contributed by atoms with Crippen LogP contribution >= 0.6 is 0 Å². The summed E-state index contributed by atoms with van der Waals surface area (Å²) in [7, 11) is 0. The molecule has 2 aromatic carbocycles. The maximum absolute atomic E-state index is 13.8. The molecule has 2 heterocycles. The standard InChI is InChI=1S/C34H41NO4/c1-3-9-23-19-27-32(34(38)35(33(27)37)24-10-5-4-6-11-24)28-20-39-30(31(23)28)17-14-21(2)18-22-15-16-29(36)26-13-8-7-12-25(22)26/h7-8,12-13,15-16,18,24,27-28,30,32,36H,3-6,9-11,14,17,19-20H2,1-2H3/b21-18+/t27-,28+,30-,32-/m1/s1. The molecule has 0 aromatic heterocycles. The maximum Gasteiger partial charge on any atom is 0.234 e. The normalized spacial score (nSPS) is 27.9. The van der Waals surface area contributed by atoms with Gasteiger partial charge < -0.3 is 9.84 Å². The molecule has 1 N–H and O–H groups in total. The highest BCUT2D eigenvalue weighted by Crippen LogP contribution is 2.51. The van der Waals surface area contributed by atoms with Gasteiger partial charge in [0.1, 0.15) is 5.75 Å². The topological polar surface area (TPSA) is 66.8 Å². The fourth-order valence-corrected chi connectivity index (χ4v) is 7.86. The van der Waals surface area contributed by atoms with Crippen molar-refractivity contribution in [3.63, 3.8) is 0 Å². The molecule has 0 unspecified atom stereocenters. The van der Waals surface area contributed by atoms with Crippen molar-refractivity contribution < 1.29 is 19.4 Å². The molecule has 5 nitrogen and oxygen atoms in total. The van der Waals surface area contributed by atoms with Crippen molar-refractivity contribution in [2.75, 3.05) is 6.61 Å². The lowest BCUT2D eigenvalue weighted by Gasteiger charge is -2.32. The Labute approximate surface area is 231 Å². The van der Waals surface area contributed by atoms with Crippen LogP contribution in [-0.2, 0) is 14.3 Å². The van der Waals surface area contributed by atoms with Gasteiger partial charge in [0.25, 0.3) is 0 Å². The number of carbonyl (C=O) groups is 2. The van der Waals surface area contributed by atoms with E-state index in [4.69, 9.17) is 4.74 Å². The zero-order valence-corrected chi connectivity index (χ0v) is 23.3. The Morgan fingerprint density at radius 1 is 1.03 bits per heavy atom. The molecule has 6 rings (SSSR count). The highest BCUT2D eigenvalue weighted by molar-refractivity contribution is 6.06. The van der Waals surface area contributed by atoms with Gasteiger partial charge in [-0.2, -0.15) is 0 Å². The third kappa shape index (κ3) is 4.73. The number of phenols is 1. The molecule has 2 aliphatic carbocycles. The van der Waals surface area contributed by atoms with Crippen LogP contribution in [0.5, 0.6) is 5.75 Å². The monoisotopic (exact) mass is 527 g/mol. The van der Waals surface area contributed by atoms with Gasteiger partial charge in [0.2, 0.25) is 11.8 Å². The first-order valence-electron chi connectivity index (χ1n) is 15.1. The van der Waals surface area contributed by atoms with Crippen LogP contribution in [0.1, 0.15) is 83.6 Å². The molecule has 2 aliphatic heterocycles. The largest absolute Gasteiger partial charge is 0.507 e. The molecule has 206 valence electrons. The number of aromatic hydroxyl groups is 1. The van der Waals surface area contributed by atoms with Crippen LogP contribution in [0.25, 0.3) is 16.8 Å². The summed E-state index contributed by atoms with van der Waals surface area (Å²) in [4.78, 5) is 29.1. The van der Waals surface area contributed by atoms with Gasteiger partial charge in [0.15, 0.2) is 0 Å². The van der Waals surface area contributed by atoms with E-state index in [0.29, 0.717) is 12.4 Å². The smallest absolute Gasteiger partial charge is 0.234 e. The first-order valence-corrected chi connectivity index (χ1v) is 15.1. The van der Waals surface area contributed by atoms with Crippen LogP contribution in [-0.4, -0.2) is 40.6 Å². The minimum Gasteiger partial charge on any atom is -0.507 e. The summed E-state index contributed by atoms with van der Waals surface area (Å²) in [6, 6.07) is 11.8. The summed E-state index contributed by atoms with van der Waals surface area (Å²) in [5.74, 6) is 0.0911. The Morgan fingerprint density at radius 2 is 1.79 bits per heavy atom. The number of hydrogen-bond donors (Lipinski definition) is 1. The molecule has 0 radical (unpaired) electrons. The summed E-state index contributed by atoms with van der Waals surface area (Å²) in [5, 5.41) is 12.2. The molecule has 2 amide bonds. The molecule has 1 saturated carbocycles. The second-order valence-corrected chi connectivity index (χ2v) is 12.2. The van der Waals surface area contributed by atoms with Crippen molar-refractivity contribution in [3.8, 4) is 5.75 Å². The molecule has 0 spiro atoms. The lowest BCUT2D eigenvalue weighted by molar-refractivity contribution is -0.143. The van der Waals surface area contributed by atoms with Gasteiger partial charge in [0, 0.05) is 17.3 Å². The number of fused-ring (bicyclic) bond motifs is 4. The summed E-state index contributed by atoms with van der Waals surface area (Å²) in [6.07, 6.45) is 12.1. The van der Waals surface area contributed by atoms with E-state index in [1.165, 1.54) is 23.1 Å². The molecule has 39 heavy (non-hydrogen) atoms. The maximum atomic E-state index is 13.8. The molecule has 3 fully saturated rings. The Bertz CT molecular complexity index is 1330. The number of carbonyl (C=O) groups excluding carboxylic acids is 2. The molecule has 5 heteroatoms. The van der Waals surface area contributed by atoms with Crippen molar-refractivity contribution in [3.05, 3.63) is 58.7 Å². The number of nitrogens with zero attached hydrogens (tertiary/aromatic N) is 1. The number of benzene rings is 2. The summed E-state index contributed by atoms with van der Waals surface area (Å²) >= 11 is 0. The minimum absolute atomic E-state index is 0.0176. The third-order valence-electron chi connectivity index (χ3n) is 9.67. The fraction of sp³-hybridized carbons (Fsp3) is 0.529. The van der Waals surface area contributed by atoms with Gasteiger partial charge in [-0.3, -0.25) is 14.5 Å². The van der Waals surface area contributed by atoms with Crippen molar-refractivity contribution in [2.24, 2.45) is 17.8 Å². The molecule has 4 aliphatic rings. The quantitative estimate of drug-likeness (QED) is 0.306. The first-order chi connectivity index (χ1) is 19.0. The van der Waals surface area contributed by atoms with E-state index >= 15 is 0 Å². The number of phenolic OH excluding ortho intramolecular Hbond substituents is 1. The number of rotatable bonds is 7. The molecular weight excluding hydrogens is 486 g/mol. The fourth-order valence-electron chi connectivity index (χ4n) is 7.86. The molecule has 2 saturated heterocycles. The average molecular weight is 528 g/mol. The van der Waals surface area contributed by atoms with Crippen molar-refractivity contribution >= 4 is 28.7 Å². The van der Waals surface area contributed by atoms with Crippen molar-refractivity contribution in [1.82, 2.24) is 4.90 Å². The van der Waals surface area contributed by atoms with E-state index in [1.54, 1.807) is 11.0 Å². The Kier molecular flexibility index (Phi) is 7.37. The van der Waals surface area contributed by atoms with Gasteiger partial charge in [0.05, 0.1) is 24.5 Å².